The van der Waals surface area contributed by atoms with Crippen molar-refractivity contribution in [2.75, 3.05) is 11.9 Å². The maximum absolute atomic E-state index is 11.8. The molecule has 18 heavy (non-hydrogen) atoms. The third-order valence-electron chi connectivity index (χ3n) is 3.25. The van der Waals surface area contributed by atoms with Crippen LogP contribution in [-0.2, 0) is 4.79 Å². The SMILES string of the molecule is CCC(CCN)CCC(=O)Nc1cnccc1C. The normalized spacial score (nSPS) is 12.2. The van der Waals surface area contributed by atoms with Crippen LogP contribution >= 0.6 is 0 Å². The van der Waals surface area contributed by atoms with E-state index in [1.54, 1.807) is 12.4 Å². The van der Waals surface area contributed by atoms with Crippen molar-refractivity contribution in [3.63, 3.8) is 0 Å². The highest BCUT2D eigenvalue weighted by Crippen LogP contribution is 2.16. The fraction of sp³-hybridized carbons (Fsp3) is 0.571. The largest absolute Gasteiger partial charge is 0.330 e. The van der Waals surface area contributed by atoms with Gasteiger partial charge in [-0.25, -0.2) is 0 Å². The first-order valence-electron chi connectivity index (χ1n) is 6.57. The van der Waals surface area contributed by atoms with Crippen molar-refractivity contribution in [2.24, 2.45) is 11.7 Å². The average molecular weight is 249 g/mol. The van der Waals surface area contributed by atoms with Crippen LogP contribution in [0, 0.1) is 12.8 Å². The van der Waals surface area contributed by atoms with E-state index in [0.717, 1.165) is 30.5 Å². The van der Waals surface area contributed by atoms with Crippen LogP contribution in [0.4, 0.5) is 5.69 Å². The Morgan fingerprint density at radius 2 is 2.28 bits per heavy atom. The average Bonchev–Trinajstić information content (AvgIpc) is 2.37. The minimum absolute atomic E-state index is 0.0570. The second-order valence-corrected chi connectivity index (χ2v) is 4.63. The van der Waals surface area contributed by atoms with Crippen molar-refractivity contribution >= 4 is 11.6 Å². The zero-order chi connectivity index (χ0) is 13.4. The highest BCUT2D eigenvalue weighted by molar-refractivity contribution is 5.91. The van der Waals surface area contributed by atoms with Crippen molar-refractivity contribution in [1.82, 2.24) is 4.98 Å². The van der Waals surface area contributed by atoms with Crippen LogP contribution in [-0.4, -0.2) is 17.4 Å². The topological polar surface area (TPSA) is 68.0 Å². The van der Waals surface area contributed by atoms with Gasteiger partial charge in [0.2, 0.25) is 5.91 Å². The van der Waals surface area contributed by atoms with Gasteiger partial charge in [-0.2, -0.15) is 0 Å². The molecule has 0 fully saturated rings. The molecule has 1 unspecified atom stereocenters. The lowest BCUT2D eigenvalue weighted by Gasteiger charge is -2.13. The summed E-state index contributed by atoms with van der Waals surface area (Å²) < 4.78 is 0. The van der Waals surface area contributed by atoms with Gasteiger partial charge >= 0.3 is 0 Å². The van der Waals surface area contributed by atoms with Crippen molar-refractivity contribution in [2.45, 2.75) is 39.5 Å². The molecular weight excluding hydrogens is 226 g/mol. The van der Waals surface area contributed by atoms with Crippen LogP contribution in [0.15, 0.2) is 18.5 Å². The molecule has 1 atom stereocenters. The summed E-state index contributed by atoms with van der Waals surface area (Å²) in [5.74, 6) is 0.609. The molecule has 0 aliphatic rings. The minimum atomic E-state index is 0.0570. The summed E-state index contributed by atoms with van der Waals surface area (Å²) in [6.07, 6.45) is 6.93. The highest BCUT2D eigenvalue weighted by atomic mass is 16.1. The number of rotatable bonds is 7. The summed E-state index contributed by atoms with van der Waals surface area (Å²) in [5, 5.41) is 2.90. The minimum Gasteiger partial charge on any atom is -0.330 e. The molecule has 0 radical (unpaired) electrons. The maximum atomic E-state index is 11.8. The lowest BCUT2D eigenvalue weighted by molar-refractivity contribution is -0.116. The summed E-state index contributed by atoms with van der Waals surface area (Å²) in [4.78, 5) is 15.8. The fourth-order valence-electron chi connectivity index (χ4n) is 1.93. The zero-order valence-electron chi connectivity index (χ0n) is 11.3. The van der Waals surface area contributed by atoms with Gasteiger partial charge in [-0.05, 0) is 43.9 Å². The lowest BCUT2D eigenvalue weighted by atomic mass is 9.96. The van der Waals surface area contributed by atoms with Crippen LogP contribution < -0.4 is 11.1 Å². The molecule has 1 amide bonds. The van der Waals surface area contributed by atoms with Gasteiger partial charge in [-0.1, -0.05) is 13.3 Å². The molecule has 1 heterocycles. The van der Waals surface area contributed by atoms with Crippen LogP contribution in [0.25, 0.3) is 0 Å². The molecule has 1 rings (SSSR count). The Bertz CT molecular complexity index is 379. The molecule has 0 bridgehead atoms. The molecule has 0 aliphatic heterocycles. The van der Waals surface area contributed by atoms with Gasteiger partial charge in [0, 0.05) is 12.6 Å². The van der Waals surface area contributed by atoms with Crippen LogP contribution in [0.1, 0.15) is 38.2 Å². The summed E-state index contributed by atoms with van der Waals surface area (Å²) in [5.41, 5.74) is 7.38. The molecule has 0 aliphatic carbocycles. The summed E-state index contributed by atoms with van der Waals surface area (Å²) in [6, 6.07) is 1.89. The van der Waals surface area contributed by atoms with Crippen LogP contribution in [0.2, 0.25) is 0 Å². The Hall–Kier alpha value is -1.42. The van der Waals surface area contributed by atoms with Gasteiger partial charge in [0.05, 0.1) is 11.9 Å². The van der Waals surface area contributed by atoms with E-state index in [4.69, 9.17) is 5.73 Å². The summed E-state index contributed by atoms with van der Waals surface area (Å²) in [6.45, 7) is 4.80. The predicted molar refractivity (Wildman–Crippen MR) is 74.3 cm³/mol. The fourth-order valence-corrected chi connectivity index (χ4v) is 1.93. The number of hydrogen-bond donors (Lipinski definition) is 2. The number of carbonyl (C=O) groups is 1. The Kier molecular flexibility index (Phi) is 6.36. The van der Waals surface area contributed by atoms with E-state index in [-0.39, 0.29) is 5.91 Å². The Balaban J connectivity index is 2.40. The molecule has 1 aromatic rings. The van der Waals surface area contributed by atoms with E-state index >= 15 is 0 Å². The third kappa shape index (κ3) is 4.84. The van der Waals surface area contributed by atoms with E-state index in [2.05, 4.69) is 17.2 Å². The predicted octanol–water partition coefficient (Wildman–Crippen LogP) is 2.48. The number of nitrogens with two attached hydrogens (primary N) is 1. The molecule has 100 valence electrons. The van der Waals surface area contributed by atoms with Crippen molar-refractivity contribution in [1.29, 1.82) is 0 Å². The Labute approximate surface area is 109 Å². The number of nitrogens with one attached hydrogen (secondary N) is 1. The number of pyridine rings is 1. The van der Waals surface area contributed by atoms with Crippen molar-refractivity contribution < 1.29 is 4.79 Å². The summed E-state index contributed by atoms with van der Waals surface area (Å²) in [7, 11) is 0. The number of aromatic nitrogens is 1. The molecule has 3 N–H and O–H groups in total. The summed E-state index contributed by atoms with van der Waals surface area (Å²) >= 11 is 0. The maximum Gasteiger partial charge on any atom is 0.224 e. The lowest BCUT2D eigenvalue weighted by Crippen LogP contribution is -2.15. The molecule has 0 saturated heterocycles. The Morgan fingerprint density at radius 3 is 2.89 bits per heavy atom. The van der Waals surface area contributed by atoms with E-state index < -0.39 is 0 Å². The number of carbonyl (C=O) groups excluding carboxylic acids is 1. The number of anilines is 1. The number of hydrogen-bond acceptors (Lipinski definition) is 3. The first-order valence-corrected chi connectivity index (χ1v) is 6.57. The van der Waals surface area contributed by atoms with Crippen LogP contribution in [0.3, 0.4) is 0 Å². The third-order valence-corrected chi connectivity index (χ3v) is 3.25. The molecule has 0 saturated carbocycles. The monoisotopic (exact) mass is 249 g/mol. The number of nitrogens with zero attached hydrogens (tertiary/aromatic N) is 1. The van der Waals surface area contributed by atoms with Gasteiger partial charge < -0.3 is 11.1 Å². The van der Waals surface area contributed by atoms with E-state index in [9.17, 15) is 4.79 Å². The van der Waals surface area contributed by atoms with E-state index in [0.29, 0.717) is 18.9 Å². The van der Waals surface area contributed by atoms with E-state index in [1.807, 2.05) is 13.0 Å². The smallest absolute Gasteiger partial charge is 0.224 e. The molecule has 0 aromatic carbocycles. The van der Waals surface area contributed by atoms with Gasteiger partial charge in [-0.3, -0.25) is 9.78 Å². The second-order valence-electron chi connectivity index (χ2n) is 4.63. The molecule has 0 spiro atoms. The highest BCUT2D eigenvalue weighted by Gasteiger charge is 2.09. The molecular formula is C14H23N3O. The first-order chi connectivity index (χ1) is 8.67. The standard InChI is InChI=1S/C14H23N3O/c1-3-12(6-8-15)4-5-14(18)17-13-10-16-9-7-11(13)2/h7,9-10,12H,3-6,8,15H2,1-2H3,(H,17,18). The molecule has 1 aromatic heterocycles. The first kappa shape index (κ1) is 14.6. The van der Waals surface area contributed by atoms with Gasteiger partial charge in [-0.15, -0.1) is 0 Å². The quantitative estimate of drug-likeness (QED) is 0.780. The number of aryl methyl sites for hydroxylation is 1. The van der Waals surface area contributed by atoms with Crippen LogP contribution in [0.5, 0.6) is 0 Å². The van der Waals surface area contributed by atoms with E-state index in [1.165, 1.54) is 0 Å². The Morgan fingerprint density at radius 1 is 1.50 bits per heavy atom. The van der Waals surface area contributed by atoms with Gasteiger partial charge in [0.1, 0.15) is 0 Å². The second kappa shape index (κ2) is 7.82. The van der Waals surface area contributed by atoms with Crippen molar-refractivity contribution in [3.8, 4) is 0 Å². The van der Waals surface area contributed by atoms with Gasteiger partial charge in [0.15, 0.2) is 0 Å². The molecule has 4 nitrogen and oxygen atoms in total. The van der Waals surface area contributed by atoms with Crippen molar-refractivity contribution in [3.05, 3.63) is 24.0 Å². The van der Waals surface area contributed by atoms with Gasteiger partial charge in [0.25, 0.3) is 0 Å². The number of amides is 1. The zero-order valence-corrected chi connectivity index (χ0v) is 11.3. The molecule has 4 heteroatoms.